The first-order chi connectivity index (χ1) is 9.56. The SMILES string of the molecule is Cc1ccc(Cn2nccc2CNCC(C)C)cc1C. The third-order valence-electron chi connectivity index (χ3n) is 3.57. The maximum absolute atomic E-state index is 4.44. The lowest BCUT2D eigenvalue weighted by molar-refractivity contribution is 0.529. The van der Waals surface area contributed by atoms with Gasteiger partial charge in [-0.3, -0.25) is 4.68 Å². The fourth-order valence-electron chi connectivity index (χ4n) is 2.22. The Kier molecular flexibility index (Phi) is 4.96. The average molecular weight is 271 g/mol. The van der Waals surface area contributed by atoms with Crippen molar-refractivity contribution in [1.82, 2.24) is 15.1 Å². The van der Waals surface area contributed by atoms with E-state index in [1.807, 2.05) is 6.20 Å². The highest BCUT2D eigenvalue weighted by molar-refractivity contribution is 5.30. The van der Waals surface area contributed by atoms with Crippen LogP contribution in [0.3, 0.4) is 0 Å². The number of aromatic nitrogens is 2. The Labute approximate surface area is 122 Å². The Bertz CT molecular complexity index is 555. The molecule has 0 saturated carbocycles. The molecule has 108 valence electrons. The van der Waals surface area contributed by atoms with Gasteiger partial charge in [-0.2, -0.15) is 5.10 Å². The molecule has 1 aromatic heterocycles. The third kappa shape index (κ3) is 3.94. The minimum Gasteiger partial charge on any atom is -0.311 e. The smallest absolute Gasteiger partial charge is 0.0663 e. The molecule has 3 nitrogen and oxygen atoms in total. The summed E-state index contributed by atoms with van der Waals surface area (Å²) < 4.78 is 2.08. The second-order valence-corrected chi connectivity index (χ2v) is 5.92. The normalized spacial score (nSPS) is 11.2. The van der Waals surface area contributed by atoms with Gasteiger partial charge in [-0.05, 0) is 49.1 Å². The topological polar surface area (TPSA) is 29.9 Å². The predicted molar refractivity (Wildman–Crippen MR) is 83.8 cm³/mol. The molecular weight excluding hydrogens is 246 g/mol. The van der Waals surface area contributed by atoms with Crippen LogP contribution >= 0.6 is 0 Å². The summed E-state index contributed by atoms with van der Waals surface area (Å²) in [5.74, 6) is 0.672. The zero-order chi connectivity index (χ0) is 14.5. The van der Waals surface area contributed by atoms with Gasteiger partial charge in [-0.25, -0.2) is 0 Å². The van der Waals surface area contributed by atoms with E-state index in [0.717, 1.165) is 19.6 Å². The lowest BCUT2D eigenvalue weighted by atomic mass is 10.1. The van der Waals surface area contributed by atoms with Crippen LogP contribution in [0.4, 0.5) is 0 Å². The van der Waals surface area contributed by atoms with E-state index >= 15 is 0 Å². The fourth-order valence-corrected chi connectivity index (χ4v) is 2.22. The largest absolute Gasteiger partial charge is 0.311 e. The Morgan fingerprint density at radius 2 is 1.95 bits per heavy atom. The Morgan fingerprint density at radius 3 is 2.65 bits per heavy atom. The summed E-state index contributed by atoms with van der Waals surface area (Å²) in [4.78, 5) is 0. The number of rotatable bonds is 6. The Hall–Kier alpha value is -1.61. The van der Waals surface area contributed by atoms with Gasteiger partial charge < -0.3 is 5.32 Å². The molecule has 1 N–H and O–H groups in total. The molecule has 0 aliphatic rings. The Morgan fingerprint density at radius 1 is 1.15 bits per heavy atom. The van der Waals surface area contributed by atoms with Gasteiger partial charge in [0, 0.05) is 12.7 Å². The van der Waals surface area contributed by atoms with Crippen molar-refractivity contribution in [3.8, 4) is 0 Å². The molecule has 0 aliphatic heterocycles. The number of nitrogens with zero attached hydrogens (tertiary/aromatic N) is 2. The van der Waals surface area contributed by atoms with E-state index in [1.54, 1.807) is 0 Å². The van der Waals surface area contributed by atoms with Gasteiger partial charge in [0.15, 0.2) is 0 Å². The summed E-state index contributed by atoms with van der Waals surface area (Å²) in [7, 11) is 0. The van der Waals surface area contributed by atoms with Gasteiger partial charge in [0.05, 0.1) is 12.2 Å². The molecule has 0 bridgehead atoms. The zero-order valence-corrected chi connectivity index (χ0v) is 13.0. The summed E-state index contributed by atoms with van der Waals surface area (Å²) in [6.45, 7) is 11.5. The summed E-state index contributed by atoms with van der Waals surface area (Å²) in [5.41, 5.74) is 5.23. The molecule has 1 aromatic carbocycles. The molecule has 2 rings (SSSR count). The van der Waals surface area contributed by atoms with Gasteiger partial charge in [0.25, 0.3) is 0 Å². The van der Waals surface area contributed by atoms with Crippen molar-refractivity contribution in [2.75, 3.05) is 6.54 Å². The van der Waals surface area contributed by atoms with Gasteiger partial charge >= 0.3 is 0 Å². The standard InChI is InChI=1S/C17H25N3/c1-13(2)10-18-11-17-7-8-19-20(17)12-16-6-5-14(3)15(4)9-16/h5-9,13,18H,10-12H2,1-4H3. The molecular formula is C17H25N3. The zero-order valence-electron chi connectivity index (χ0n) is 13.0. The van der Waals surface area contributed by atoms with Crippen molar-refractivity contribution in [3.05, 3.63) is 52.8 Å². The first-order valence-corrected chi connectivity index (χ1v) is 7.34. The summed E-state index contributed by atoms with van der Waals surface area (Å²) in [5, 5.41) is 7.91. The number of hydrogen-bond acceptors (Lipinski definition) is 2. The maximum atomic E-state index is 4.44. The molecule has 0 spiro atoms. The molecule has 0 radical (unpaired) electrons. The van der Waals surface area contributed by atoms with Gasteiger partial charge in [0.2, 0.25) is 0 Å². The highest BCUT2D eigenvalue weighted by Crippen LogP contribution is 2.12. The van der Waals surface area contributed by atoms with Crippen molar-refractivity contribution in [1.29, 1.82) is 0 Å². The third-order valence-corrected chi connectivity index (χ3v) is 3.57. The predicted octanol–water partition coefficient (Wildman–Crippen LogP) is 3.29. The molecule has 0 saturated heterocycles. The van der Waals surface area contributed by atoms with Crippen LogP contribution in [0.1, 0.15) is 36.2 Å². The van der Waals surface area contributed by atoms with Crippen LogP contribution in [0.5, 0.6) is 0 Å². The minimum atomic E-state index is 0.672. The van der Waals surface area contributed by atoms with E-state index in [0.29, 0.717) is 5.92 Å². The number of nitrogens with one attached hydrogen (secondary N) is 1. The van der Waals surface area contributed by atoms with Crippen molar-refractivity contribution in [2.45, 2.75) is 40.8 Å². The molecule has 20 heavy (non-hydrogen) atoms. The molecule has 0 aliphatic carbocycles. The quantitative estimate of drug-likeness (QED) is 0.873. The van der Waals surface area contributed by atoms with Crippen LogP contribution in [0, 0.1) is 19.8 Å². The molecule has 3 heteroatoms. The van der Waals surface area contributed by atoms with E-state index in [2.05, 4.69) is 67.1 Å². The molecule has 2 aromatic rings. The molecule has 0 amide bonds. The summed E-state index contributed by atoms with van der Waals surface area (Å²) in [6, 6.07) is 8.72. The van der Waals surface area contributed by atoms with Crippen LogP contribution in [-0.4, -0.2) is 16.3 Å². The second kappa shape index (κ2) is 6.71. The van der Waals surface area contributed by atoms with E-state index in [4.69, 9.17) is 0 Å². The van der Waals surface area contributed by atoms with E-state index in [-0.39, 0.29) is 0 Å². The van der Waals surface area contributed by atoms with Crippen molar-refractivity contribution in [2.24, 2.45) is 5.92 Å². The van der Waals surface area contributed by atoms with Crippen LogP contribution in [0.2, 0.25) is 0 Å². The first kappa shape index (κ1) is 14.8. The monoisotopic (exact) mass is 271 g/mol. The van der Waals surface area contributed by atoms with Crippen molar-refractivity contribution < 1.29 is 0 Å². The highest BCUT2D eigenvalue weighted by atomic mass is 15.3. The second-order valence-electron chi connectivity index (χ2n) is 5.92. The van der Waals surface area contributed by atoms with E-state index in [1.165, 1.54) is 22.4 Å². The van der Waals surface area contributed by atoms with Gasteiger partial charge in [0.1, 0.15) is 0 Å². The first-order valence-electron chi connectivity index (χ1n) is 7.34. The van der Waals surface area contributed by atoms with Crippen LogP contribution in [0.25, 0.3) is 0 Å². The van der Waals surface area contributed by atoms with Crippen LogP contribution in [-0.2, 0) is 13.1 Å². The highest BCUT2D eigenvalue weighted by Gasteiger charge is 2.04. The Balaban J connectivity index is 2.02. The van der Waals surface area contributed by atoms with Crippen molar-refractivity contribution in [3.63, 3.8) is 0 Å². The van der Waals surface area contributed by atoms with Crippen LogP contribution in [0.15, 0.2) is 30.5 Å². The molecule has 0 fully saturated rings. The van der Waals surface area contributed by atoms with E-state index < -0.39 is 0 Å². The lowest BCUT2D eigenvalue weighted by Crippen LogP contribution is -2.21. The maximum Gasteiger partial charge on any atom is 0.0663 e. The fraction of sp³-hybridized carbons (Fsp3) is 0.471. The molecule has 0 unspecified atom stereocenters. The minimum absolute atomic E-state index is 0.672. The average Bonchev–Trinajstić information content (AvgIpc) is 2.81. The molecule has 1 heterocycles. The summed E-state index contributed by atoms with van der Waals surface area (Å²) in [6.07, 6.45) is 1.88. The number of benzene rings is 1. The van der Waals surface area contributed by atoms with Crippen molar-refractivity contribution >= 4 is 0 Å². The van der Waals surface area contributed by atoms with Crippen LogP contribution < -0.4 is 5.32 Å². The number of aryl methyl sites for hydroxylation is 2. The van der Waals surface area contributed by atoms with Gasteiger partial charge in [-0.15, -0.1) is 0 Å². The van der Waals surface area contributed by atoms with Gasteiger partial charge in [-0.1, -0.05) is 32.0 Å². The summed E-state index contributed by atoms with van der Waals surface area (Å²) >= 11 is 0. The lowest BCUT2D eigenvalue weighted by Gasteiger charge is -2.11. The molecule has 0 atom stereocenters. The van der Waals surface area contributed by atoms with E-state index in [9.17, 15) is 0 Å². The number of hydrogen-bond donors (Lipinski definition) is 1.